The number of halogens is 3. The Kier molecular flexibility index (Phi) is 4.79. The molecule has 0 bridgehead atoms. The fourth-order valence-electron chi connectivity index (χ4n) is 1.93. The van der Waals surface area contributed by atoms with Crippen LogP contribution in [0.2, 0.25) is 0 Å². The lowest BCUT2D eigenvalue weighted by atomic mass is 10.0. The number of rotatable bonds is 5. The molecule has 8 heteroatoms. The second kappa shape index (κ2) is 6.59. The Hall–Kier alpha value is -2.38. The monoisotopic (exact) mass is 312 g/mol. The van der Waals surface area contributed by atoms with E-state index in [1.165, 1.54) is 6.07 Å². The van der Waals surface area contributed by atoms with Gasteiger partial charge >= 0.3 is 6.18 Å². The highest BCUT2D eigenvalue weighted by molar-refractivity contribution is 5.95. The second-order valence-electron chi connectivity index (χ2n) is 4.80. The first-order valence-electron chi connectivity index (χ1n) is 6.68. The SMILES string of the molecule is Cc1ccc(C(F)(F)F)cc1C(=O)NCCCn1ccnn1. The summed E-state index contributed by atoms with van der Waals surface area (Å²) in [4.78, 5) is 12.0. The Morgan fingerprint density at radius 2 is 2.14 bits per heavy atom. The molecule has 0 fully saturated rings. The van der Waals surface area contributed by atoms with Crippen LogP contribution in [0.4, 0.5) is 13.2 Å². The topological polar surface area (TPSA) is 59.8 Å². The van der Waals surface area contributed by atoms with Gasteiger partial charge in [0.05, 0.1) is 11.8 Å². The molecule has 118 valence electrons. The van der Waals surface area contributed by atoms with Gasteiger partial charge in [-0.1, -0.05) is 11.3 Å². The summed E-state index contributed by atoms with van der Waals surface area (Å²) in [6.07, 6.45) is -0.619. The minimum absolute atomic E-state index is 0.0376. The number of hydrogen-bond donors (Lipinski definition) is 1. The van der Waals surface area contributed by atoms with Crippen LogP contribution in [-0.4, -0.2) is 27.4 Å². The molecular formula is C14H15F3N4O. The van der Waals surface area contributed by atoms with Crippen LogP contribution in [0.5, 0.6) is 0 Å². The number of amides is 1. The zero-order valence-electron chi connectivity index (χ0n) is 11.9. The molecule has 1 aromatic heterocycles. The molecule has 0 spiro atoms. The molecule has 2 aromatic rings. The van der Waals surface area contributed by atoms with E-state index in [0.29, 0.717) is 25.1 Å². The molecule has 0 aliphatic rings. The molecule has 0 saturated heterocycles. The maximum Gasteiger partial charge on any atom is 0.416 e. The van der Waals surface area contributed by atoms with Gasteiger partial charge in [-0.3, -0.25) is 9.48 Å². The summed E-state index contributed by atoms with van der Waals surface area (Å²) in [5, 5.41) is 10.0. The average molecular weight is 312 g/mol. The zero-order valence-corrected chi connectivity index (χ0v) is 11.9. The van der Waals surface area contributed by atoms with Crippen molar-refractivity contribution in [3.63, 3.8) is 0 Å². The van der Waals surface area contributed by atoms with E-state index in [2.05, 4.69) is 15.6 Å². The summed E-state index contributed by atoms with van der Waals surface area (Å²) in [5.74, 6) is -0.512. The smallest absolute Gasteiger partial charge is 0.352 e. The van der Waals surface area contributed by atoms with Crippen molar-refractivity contribution in [2.45, 2.75) is 26.1 Å². The predicted octanol–water partition coefficient (Wildman–Crippen LogP) is 2.43. The highest BCUT2D eigenvalue weighted by Crippen LogP contribution is 2.30. The number of nitrogens with zero attached hydrogens (tertiary/aromatic N) is 3. The standard InChI is InChI=1S/C14H15F3N4O/c1-10-3-4-11(14(15,16)17)9-12(10)13(22)18-5-2-7-21-8-6-19-20-21/h3-4,6,8-9H,2,5,7H2,1H3,(H,18,22). The molecule has 1 aromatic carbocycles. The van der Waals surface area contributed by atoms with E-state index in [-0.39, 0.29) is 5.56 Å². The first-order chi connectivity index (χ1) is 10.4. The van der Waals surface area contributed by atoms with Crippen LogP contribution >= 0.6 is 0 Å². The lowest BCUT2D eigenvalue weighted by Gasteiger charge is -2.11. The van der Waals surface area contributed by atoms with Crippen molar-refractivity contribution in [3.8, 4) is 0 Å². The molecule has 1 heterocycles. The van der Waals surface area contributed by atoms with Crippen LogP contribution in [0.1, 0.15) is 27.9 Å². The average Bonchev–Trinajstić information content (AvgIpc) is 2.95. The van der Waals surface area contributed by atoms with E-state index < -0.39 is 17.6 Å². The number of carbonyl (C=O) groups excluding carboxylic acids is 1. The van der Waals surface area contributed by atoms with Crippen molar-refractivity contribution < 1.29 is 18.0 Å². The van der Waals surface area contributed by atoms with E-state index in [1.54, 1.807) is 24.0 Å². The molecule has 0 atom stereocenters. The number of hydrogen-bond acceptors (Lipinski definition) is 3. The van der Waals surface area contributed by atoms with Gasteiger partial charge < -0.3 is 5.32 Å². The second-order valence-corrected chi connectivity index (χ2v) is 4.80. The Bertz CT molecular complexity index is 638. The minimum atomic E-state index is -4.46. The molecule has 0 saturated carbocycles. The Balaban J connectivity index is 1.94. The predicted molar refractivity (Wildman–Crippen MR) is 73.2 cm³/mol. The first kappa shape index (κ1) is 16.0. The third kappa shape index (κ3) is 4.06. The molecule has 1 N–H and O–H groups in total. The lowest BCUT2D eigenvalue weighted by molar-refractivity contribution is -0.137. The van der Waals surface area contributed by atoms with Gasteiger partial charge in [0.2, 0.25) is 0 Å². The minimum Gasteiger partial charge on any atom is -0.352 e. The highest BCUT2D eigenvalue weighted by Gasteiger charge is 2.31. The fraction of sp³-hybridized carbons (Fsp3) is 0.357. The number of aromatic nitrogens is 3. The number of aryl methyl sites for hydroxylation is 2. The van der Waals surface area contributed by atoms with Crippen molar-refractivity contribution in [1.29, 1.82) is 0 Å². The van der Waals surface area contributed by atoms with Gasteiger partial charge in [0.1, 0.15) is 0 Å². The number of alkyl halides is 3. The Morgan fingerprint density at radius 3 is 2.77 bits per heavy atom. The molecule has 22 heavy (non-hydrogen) atoms. The van der Waals surface area contributed by atoms with E-state index in [9.17, 15) is 18.0 Å². The quantitative estimate of drug-likeness (QED) is 0.863. The zero-order chi connectivity index (χ0) is 16.2. The lowest BCUT2D eigenvalue weighted by Crippen LogP contribution is -2.26. The van der Waals surface area contributed by atoms with Crippen molar-refractivity contribution >= 4 is 5.91 Å². The van der Waals surface area contributed by atoms with Gasteiger partial charge in [0, 0.05) is 24.8 Å². The summed E-state index contributed by atoms with van der Waals surface area (Å²) < 4.78 is 39.7. The van der Waals surface area contributed by atoms with Crippen LogP contribution in [0, 0.1) is 6.92 Å². The van der Waals surface area contributed by atoms with E-state index >= 15 is 0 Å². The normalized spacial score (nSPS) is 11.5. The molecule has 0 aliphatic heterocycles. The summed E-state index contributed by atoms with van der Waals surface area (Å²) in [6.45, 7) is 2.51. The van der Waals surface area contributed by atoms with E-state index in [0.717, 1.165) is 12.1 Å². The number of benzene rings is 1. The van der Waals surface area contributed by atoms with E-state index in [1.807, 2.05) is 0 Å². The fourth-order valence-corrected chi connectivity index (χ4v) is 1.93. The van der Waals surface area contributed by atoms with Gasteiger partial charge in [0.25, 0.3) is 5.91 Å². The van der Waals surface area contributed by atoms with Crippen LogP contribution in [-0.2, 0) is 12.7 Å². The number of nitrogens with one attached hydrogen (secondary N) is 1. The van der Waals surface area contributed by atoms with Crippen LogP contribution in [0.25, 0.3) is 0 Å². The summed E-state index contributed by atoms with van der Waals surface area (Å²) in [5.41, 5.74) is -0.289. The summed E-state index contributed by atoms with van der Waals surface area (Å²) >= 11 is 0. The third-order valence-corrected chi connectivity index (χ3v) is 3.13. The molecule has 0 aliphatic carbocycles. The van der Waals surface area contributed by atoms with Gasteiger partial charge in [-0.2, -0.15) is 13.2 Å². The summed E-state index contributed by atoms with van der Waals surface area (Å²) in [6, 6.07) is 3.14. The Labute approximate surface area is 125 Å². The highest BCUT2D eigenvalue weighted by atomic mass is 19.4. The Morgan fingerprint density at radius 1 is 1.36 bits per heavy atom. The van der Waals surface area contributed by atoms with Gasteiger partial charge in [-0.15, -0.1) is 5.10 Å². The maximum atomic E-state index is 12.7. The maximum absolute atomic E-state index is 12.7. The van der Waals surface area contributed by atoms with Crippen LogP contribution < -0.4 is 5.32 Å². The number of carbonyl (C=O) groups is 1. The largest absolute Gasteiger partial charge is 0.416 e. The molecule has 1 amide bonds. The molecule has 2 rings (SSSR count). The van der Waals surface area contributed by atoms with Crippen molar-refractivity contribution in [1.82, 2.24) is 20.3 Å². The molecule has 0 unspecified atom stereocenters. The molecular weight excluding hydrogens is 297 g/mol. The van der Waals surface area contributed by atoms with Crippen molar-refractivity contribution in [3.05, 3.63) is 47.3 Å². The first-order valence-corrected chi connectivity index (χ1v) is 6.68. The van der Waals surface area contributed by atoms with E-state index in [4.69, 9.17) is 0 Å². The van der Waals surface area contributed by atoms with Crippen molar-refractivity contribution in [2.75, 3.05) is 6.54 Å². The van der Waals surface area contributed by atoms with Gasteiger partial charge in [-0.25, -0.2) is 0 Å². The van der Waals surface area contributed by atoms with Crippen molar-refractivity contribution in [2.24, 2.45) is 0 Å². The summed E-state index contributed by atoms with van der Waals surface area (Å²) in [7, 11) is 0. The van der Waals surface area contributed by atoms with Gasteiger partial charge in [-0.05, 0) is 31.0 Å². The van der Waals surface area contributed by atoms with Crippen LogP contribution in [0.3, 0.4) is 0 Å². The third-order valence-electron chi connectivity index (χ3n) is 3.13. The molecule has 0 radical (unpaired) electrons. The van der Waals surface area contributed by atoms with Gasteiger partial charge in [0.15, 0.2) is 0 Å². The van der Waals surface area contributed by atoms with Crippen LogP contribution in [0.15, 0.2) is 30.6 Å². The molecule has 5 nitrogen and oxygen atoms in total.